The highest BCUT2D eigenvalue weighted by Crippen LogP contribution is 2.36. The lowest BCUT2D eigenvalue weighted by molar-refractivity contribution is -0.126. The Hall–Kier alpha value is -4.18. The average molecular weight is 579 g/mol. The van der Waals surface area contributed by atoms with Crippen LogP contribution in [0.1, 0.15) is 31.0 Å². The van der Waals surface area contributed by atoms with Crippen LogP contribution in [-0.2, 0) is 4.79 Å². The highest BCUT2D eigenvalue weighted by atomic mass is 35.5. The Kier molecular flexibility index (Phi) is 7.86. The molecule has 0 radical (unpaired) electrons. The molecule has 41 heavy (non-hydrogen) atoms. The molecule has 4 aromatic rings. The second kappa shape index (κ2) is 11.4. The highest BCUT2D eigenvalue weighted by Gasteiger charge is 2.32. The molecule has 11 heteroatoms. The van der Waals surface area contributed by atoms with Crippen LogP contribution in [0.25, 0.3) is 28.0 Å². The summed E-state index contributed by atoms with van der Waals surface area (Å²) in [5.74, 6) is -0.679. The number of aromatic nitrogens is 4. The number of pyridine rings is 2. The van der Waals surface area contributed by atoms with Crippen LogP contribution < -0.4 is 10.6 Å². The van der Waals surface area contributed by atoms with Gasteiger partial charge in [0.05, 0.1) is 33.5 Å². The van der Waals surface area contributed by atoms with Gasteiger partial charge >= 0.3 is 5.69 Å². The van der Waals surface area contributed by atoms with E-state index in [0.29, 0.717) is 16.8 Å². The second-order valence-corrected chi connectivity index (χ2v) is 10.6. The minimum atomic E-state index is -0.791. The predicted octanol–water partition coefficient (Wildman–Crippen LogP) is 5.24. The molecule has 0 saturated carbocycles. The van der Waals surface area contributed by atoms with Gasteiger partial charge in [0.2, 0.25) is 5.91 Å². The molecule has 1 saturated heterocycles. The number of hydrogen-bond acceptors (Lipinski definition) is 6. The van der Waals surface area contributed by atoms with Crippen LogP contribution in [0.4, 0.5) is 14.6 Å². The zero-order chi connectivity index (χ0) is 29.4. The molecule has 0 spiro atoms. The van der Waals surface area contributed by atoms with E-state index >= 15 is 0 Å². The SMILES string of the molecule is C=CC(=O)N1CCN(c2nc(=O)n(-c3c(C)ccnc3C(C)C)c3nc(-c4ccccc4F)c(Cl)cc23)C(CF)C1. The van der Waals surface area contributed by atoms with Gasteiger partial charge in [0.15, 0.2) is 5.65 Å². The number of aryl methyl sites for hydroxylation is 1. The number of piperazine rings is 1. The van der Waals surface area contributed by atoms with Crippen molar-refractivity contribution in [2.45, 2.75) is 32.7 Å². The maximum absolute atomic E-state index is 14.9. The molecule has 1 aromatic carbocycles. The van der Waals surface area contributed by atoms with Crippen molar-refractivity contribution < 1.29 is 13.6 Å². The fourth-order valence-electron chi connectivity index (χ4n) is 5.25. The van der Waals surface area contributed by atoms with Gasteiger partial charge in [0, 0.05) is 31.4 Å². The number of amides is 1. The summed E-state index contributed by atoms with van der Waals surface area (Å²) in [6.45, 7) is 9.10. The van der Waals surface area contributed by atoms with Gasteiger partial charge in [-0.2, -0.15) is 4.98 Å². The molecule has 1 unspecified atom stereocenters. The normalized spacial score (nSPS) is 15.5. The van der Waals surface area contributed by atoms with Crippen LogP contribution in [-0.4, -0.2) is 62.7 Å². The first kappa shape index (κ1) is 28.4. The Labute approximate surface area is 240 Å². The van der Waals surface area contributed by atoms with Crippen molar-refractivity contribution >= 4 is 34.4 Å². The number of rotatable bonds is 6. The second-order valence-electron chi connectivity index (χ2n) is 10.2. The third-order valence-corrected chi connectivity index (χ3v) is 7.56. The number of alkyl halides is 1. The zero-order valence-electron chi connectivity index (χ0n) is 22.9. The van der Waals surface area contributed by atoms with Gasteiger partial charge in [-0.1, -0.05) is 44.2 Å². The van der Waals surface area contributed by atoms with Crippen molar-refractivity contribution in [3.63, 3.8) is 0 Å². The molecule has 212 valence electrons. The minimum absolute atomic E-state index is 0.0451. The summed E-state index contributed by atoms with van der Waals surface area (Å²) in [5, 5.41) is 0.523. The first-order chi connectivity index (χ1) is 19.7. The Bertz CT molecular complexity index is 1720. The van der Waals surface area contributed by atoms with Crippen molar-refractivity contribution in [1.29, 1.82) is 0 Å². The van der Waals surface area contributed by atoms with Gasteiger partial charge in [0.1, 0.15) is 18.3 Å². The van der Waals surface area contributed by atoms with Crippen LogP contribution >= 0.6 is 11.6 Å². The number of halogens is 3. The van der Waals surface area contributed by atoms with Crippen molar-refractivity contribution in [2.75, 3.05) is 31.2 Å². The number of carbonyl (C=O) groups excluding carboxylic acids is 1. The van der Waals surface area contributed by atoms with Crippen LogP contribution in [0, 0.1) is 12.7 Å². The molecule has 1 aliphatic rings. The average Bonchev–Trinajstić information content (AvgIpc) is 2.96. The summed E-state index contributed by atoms with van der Waals surface area (Å²) in [6, 6.07) is 8.70. The number of anilines is 1. The lowest BCUT2D eigenvalue weighted by Gasteiger charge is -2.41. The Morgan fingerprint density at radius 3 is 2.66 bits per heavy atom. The molecule has 1 fully saturated rings. The monoisotopic (exact) mass is 578 g/mol. The van der Waals surface area contributed by atoms with E-state index in [1.807, 2.05) is 20.8 Å². The third-order valence-electron chi connectivity index (χ3n) is 7.27. The lowest BCUT2D eigenvalue weighted by atomic mass is 10.0. The third kappa shape index (κ3) is 5.08. The van der Waals surface area contributed by atoms with E-state index in [-0.39, 0.29) is 59.2 Å². The van der Waals surface area contributed by atoms with Crippen molar-refractivity contribution in [3.8, 4) is 16.9 Å². The fraction of sp³-hybridized carbons (Fsp3) is 0.300. The molecule has 8 nitrogen and oxygen atoms in total. The number of hydrogen-bond donors (Lipinski definition) is 0. The lowest BCUT2D eigenvalue weighted by Crippen LogP contribution is -2.56. The van der Waals surface area contributed by atoms with Gasteiger partial charge in [-0.05, 0) is 48.7 Å². The standard InChI is InChI=1S/C30H29ClF2N6O2/c1-5-24(40)37-12-13-38(19(15-32)16-37)28-21-14-22(31)26(20-8-6-7-9-23(20)33)35-29(21)39(30(41)36-28)27-18(4)10-11-34-25(27)17(2)3/h5-11,14,17,19H,1,12-13,15-16H2,2-4H3. The molecule has 0 N–H and O–H groups in total. The summed E-state index contributed by atoms with van der Waals surface area (Å²) in [4.78, 5) is 43.1. The molecule has 1 amide bonds. The minimum Gasteiger partial charge on any atom is -0.347 e. The topological polar surface area (TPSA) is 84.2 Å². The summed E-state index contributed by atoms with van der Waals surface area (Å²) < 4.78 is 30.7. The number of nitrogens with zero attached hydrogens (tertiary/aromatic N) is 6. The van der Waals surface area contributed by atoms with E-state index in [9.17, 15) is 18.4 Å². The predicted molar refractivity (Wildman–Crippen MR) is 156 cm³/mol. The van der Waals surface area contributed by atoms with E-state index in [4.69, 9.17) is 16.6 Å². The van der Waals surface area contributed by atoms with E-state index < -0.39 is 24.2 Å². The van der Waals surface area contributed by atoms with E-state index in [1.165, 1.54) is 21.6 Å². The van der Waals surface area contributed by atoms with Crippen molar-refractivity contribution in [3.05, 3.63) is 87.8 Å². The van der Waals surface area contributed by atoms with Crippen LogP contribution in [0.15, 0.2) is 60.0 Å². The zero-order valence-corrected chi connectivity index (χ0v) is 23.7. The van der Waals surface area contributed by atoms with Crippen LogP contribution in [0.5, 0.6) is 0 Å². The number of benzene rings is 1. The van der Waals surface area contributed by atoms with E-state index in [0.717, 1.165) is 5.56 Å². The quantitative estimate of drug-likeness (QED) is 0.291. The van der Waals surface area contributed by atoms with E-state index in [1.54, 1.807) is 41.4 Å². The van der Waals surface area contributed by atoms with Crippen molar-refractivity contribution in [2.24, 2.45) is 0 Å². The molecular weight excluding hydrogens is 550 g/mol. The smallest absolute Gasteiger partial charge is 0.347 e. The van der Waals surface area contributed by atoms with Gasteiger partial charge in [-0.15, -0.1) is 0 Å². The maximum Gasteiger partial charge on any atom is 0.355 e. The van der Waals surface area contributed by atoms with Gasteiger partial charge < -0.3 is 9.80 Å². The van der Waals surface area contributed by atoms with Gasteiger partial charge in [0.25, 0.3) is 0 Å². The molecule has 0 bridgehead atoms. The molecule has 5 rings (SSSR count). The molecule has 1 aliphatic heterocycles. The van der Waals surface area contributed by atoms with E-state index in [2.05, 4.69) is 16.5 Å². The molecule has 3 aromatic heterocycles. The fourth-order valence-corrected chi connectivity index (χ4v) is 5.50. The number of carbonyl (C=O) groups is 1. The van der Waals surface area contributed by atoms with Gasteiger partial charge in [-0.25, -0.2) is 23.1 Å². The Morgan fingerprint density at radius 1 is 1.22 bits per heavy atom. The Balaban J connectivity index is 1.82. The highest BCUT2D eigenvalue weighted by molar-refractivity contribution is 6.33. The summed E-state index contributed by atoms with van der Waals surface area (Å²) in [5.41, 5.74) is 1.80. The Morgan fingerprint density at radius 2 is 1.98 bits per heavy atom. The molecule has 4 heterocycles. The van der Waals surface area contributed by atoms with Crippen molar-refractivity contribution in [1.82, 2.24) is 24.4 Å². The molecular formula is C30H29ClF2N6O2. The largest absolute Gasteiger partial charge is 0.355 e. The van der Waals surface area contributed by atoms with Crippen LogP contribution in [0.3, 0.4) is 0 Å². The molecule has 1 atom stereocenters. The molecule has 0 aliphatic carbocycles. The van der Waals surface area contributed by atoms with Crippen LogP contribution in [0.2, 0.25) is 5.02 Å². The van der Waals surface area contributed by atoms with Gasteiger partial charge in [-0.3, -0.25) is 9.78 Å². The summed E-state index contributed by atoms with van der Waals surface area (Å²) in [7, 11) is 0. The number of fused-ring (bicyclic) bond motifs is 1. The first-order valence-electron chi connectivity index (χ1n) is 13.2. The first-order valence-corrected chi connectivity index (χ1v) is 13.6. The maximum atomic E-state index is 14.9. The summed E-state index contributed by atoms with van der Waals surface area (Å²) in [6.07, 6.45) is 2.87. The summed E-state index contributed by atoms with van der Waals surface area (Å²) >= 11 is 6.71.